The number of phenolic OH excluding ortho intramolecular Hbond substituents is 2. The Hall–Kier alpha value is -2.92. The maximum Gasteiger partial charge on any atom is 0.416 e. The van der Waals surface area contributed by atoms with Crippen LogP contribution < -0.4 is 16.1 Å². The molecular weight excluding hydrogens is 385 g/mol. The molecule has 142 valence electrons. The molecule has 7 nitrogen and oxygen atoms in total. The van der Waals surface area contributed by atoms with Crippen LogP contribution >= 0.6 is 11.8 Å². The third-order valence-corrected chi connectivity index (χ3v) is 4.61. The molecule has 0 fully saturated rings. The van der Waals surface area contributed by atoms with Crippen LogP contribution in [0.1, 0.15) is 15.9 Å². The van der Waals surface area contributed by atoms with E-state index >= 15 is 0 Å². The summed E-state index contributed by atoms with van der Waals surface area (Å²) in [7, 11) is 0. The lowest BCUT2D eigenvalue weighted by Crippen LogP contribution is -2.98. The Morgan fingerprint density at radius 3 is 2.48 bits per heavy atom. The number of Topliss-reactive ketones (excluding diaryl/α,β-unsaturated/α-hetero) is 1. The third-order valence-electron chi connectivity index (χ3n) is 3.66. The maximum absolute atomic E-state index is 12.7. The van der Waals surface area contributed by atoms with Gasteiger partial charge in [-0.15, -0.1) is 16.1 Å². The van der Waals surface area contributed by atoms with Crippen molar-refractivity contribution in [2.45, 2.75) is 6.18 Å². The Balaban J connectivity index is 1.66. The van der Waals surface area contributed by atoms with E-state index in [2.05, 4.69) is 10.6 Å². The zero-order valence-corrected chi connectivity index (χ0v) is 14.4. The zero-order chi connectivity index (χ0) is 19.6. The van der Waals surface area contributed by atoms with Gasteiger partial charge in [-0.3, -0.25) is 4.79 Å². The van der Waals surface area contributed by atoms with Gasteiger partial charge in [0, 0.05) is 5.56 Å². The van der Waals surface area contributed by atoms with Gasteiger partial charge in [-0.2, -0.15) is 13.2 Å². The van der Waals surface area contributed by atoms with Crippen LogP contribution in [0.4, 0.5) is 18.9 Å². The number of aromatic hydroxyl groups is 2. The quantitative estimate of drug-likeness (QED) is 0.355. The molecule has 0 bridgehead atoms. The van der Waals surface area contributed by atoms with Crippen LogP contribution in [0, 0.1) is 0 Å². The summed E-state index contributed by atoms with van der Waals surface area (Å²) in [5, 5.41) is 24.6. The summed E-state index contributed by atoms with van der Waals surface area (Å²) in [6.07, 6.45) is -4.42. The number of nitrogens with one attached hydrogen (secondary N) is 1. The first-order chi connectivity index (χ1) is 12.8. The number of alkyl halides is 3. The van der Waals surface area contributed by atoms with Crippen molar-refractivity contribution in [3.05, 3.63) is 53.6 Å². The number of rotatable bonds is 4. The largest absolute Gasteiger partial charge is 0.504 e. The lowest BCUT2D eigenvalue weighted by molar-refractivity contribution is -0.703. The number of benzene rings is 2. The molecule has 5 N–H and O–H groups in total. The van der Waals surface area contributed by atoms with E-state index in [9.17, 15) is 28.2 Å². The first kappa shape index (κ1) is 18.9. The van der Waals surface area contributed by atoms with Crippen molar-refractivity contribution in [3.63, 3.8) is 0 Å². The Morgan fingerprint density at radius 2 is 1.85 bits per heavy atom. The topological polar surface area (TPSA) is 102 Å². The van der Waals surface area contributed by atoms with Crippen LogP contribution in [-0.2, 0) is 6.18 Å². The minimum atomic E-state index is -4.42. The highest BCUT2D eigenvalue weighted by atomic mass is 32.2. The normalized spacial score (nSPS) is 14.0. The molecular formula is C16H14F3N4O3S+. The van der Waals surface area contributed by atoms with Gasteiger partial charge in [0.1, 0.15) is 0 Å². The fourth-order valence-corrected chi connectivity index (χ4v) is 3.10. The summed E-state index contributed by atoms with van der Waals surface area (Å²) >= 11 is 1.08. The third kappa shape index (κ3) is 4.26. The number of ketones is 1. The van der Waals surface area contributed by atoms with Gasteiger partial charge in [0.2, 0.25) is 5.17 Å². The van der Waals surface area contributed by atoms with Gasteiger partial charge < -0.3 is 10.2 Å². The first-order valence-electron chi connectivity index (χ1n) is 7.57. The minimum Gasteiger partial charge on any atom is -0.504 e. The van der Waals surface area contributed by atoms with Crippen LogP contribution in [0.15, 0.2) is 47.6 Å². The number of hydrazone groups is 1. The highest BCUT2D eigenvalue weighted by molar-refractivity contribution is 8.14. The molecule has 3 rings (SSSR count). The van der Waals surface area contributed by atoms with Crippen molar-refractivity contribution in [3.8, 4) is 11.5 Å². The monoisotopic (exact) mass is 399 g/mol. The average molecular weight is 399 g/mol. The van der Waals surface area contributed by atoms with Gasteiger partial charge in [0.15, 0.2) is 17.3 Å². The summed E-state index contributed by atoms with van der Waals surface area (Å²) in [6.45, 7) is 0. The van der Waals surface area contributed by atoms with Crippen molar-refractivity contribution in [1.82, 2.24) is 5.53 Å². The second kappa shape index (κ2) is 7.37. The summed E-state index contributed by atoms with van der Waals surface area (Å²) in [5.74, 6) is -1.05. The number of nitrogens with zero attached hydrogens (tertiary/aromatic N) is 2. The number of hydrogen-bond acceptors (Lipinski definition) is 7. The number of anilines is 1. The minimum absolute atomic E-state index is 0.0182. The van der Waals surface area contributed by atoms with Gasteiger partial charge in [0.25, 0.3) is 0 Å². The highest BCUT2D eigenvalue weighted by Gasteiger charge is 2.31. The number of carbonyl (C=O) groups excluding carboxylic acids is 1. The fraction of sp³-hybridized carbons (Fsp3) is 0.125. The van der Waals surface area contributed by atoms with Crippen LogP contribution in [-0.4, -0.2) is 26.9 Å². The smallest absolute Gasteiger partial charge is 0.416 e. The van der Waals surface area contributed by atoms with Crippen LogP contribution in [0.5, 0.6) is 11.5 Å². The number of nitrogens with two attached hydrogens (primary N) is 1. The van der Waals surface area contributed by atoms with Crippen LogP contribution in [0.3, 0.4) is 0 Å². The Labute approximate surface area is 155 Å². The number of thioether (sulfide) groups is 1. The van der Waals surface area contributed by atoms with E-state index in [4.69, 9.17) is 0 Å². The van der Waals surface area contributed by atoms with E-state index < -0.39 is 17.5 Å². The highest BCUT2D eigenvalue weighted by Crippen LogP contribution is 2.31. The van der Waals surface area contributed by atoms with Crippen molar-refractivity contribution < 1.29 is 33.7 Å². The summed E-state index contributed by atoms with van der Waals surface area (Å²) in [5.41, 5.74) is 3.98. The number of hydrogen-bond donors (Lipinski definition) is 4. The molecule has 0 amide bonds. The summed E-state index contributed by atoms with van der Waals surface area (Å²) in [6, 6.07) is 8.30. The molecule has 0 unspecified atom stereocenters. The van der Waals surface area contributed by atoms with Gasteiger partial charge in [-0.05, 0) is 42.5 Å². The predicted octanol–water partition coefficient (Wildman–Crippen LogP) is 1.81. The molecule has 2 aromatic carbocycles. The molecule has 2 aromatic rings. The van der Waals surface area contributed by atoms with E-state index in [1.54, 1.807) is 0 Å². The number of halogens is 3. The SMILES string of the molecule is O=C(CSC1=NN[NH2+]N1c1ccc(C(F)(F)F)cc1)c1ccc(O)c(O)c1. The molecule has 0 aliphatic carbocycles. The van der Waals surface area contributed by atoms with E-state index in [0.29, 0.717) is 10.9 Å². The summed E-state index contributed by atoms with van der Waals surface area (Å²) in [4.78, 5) is 12.2. The molecule has 0 spiro atoms. The van der Waals surface area contributed by atoms with Crippen molar-refractivity contribution in [2.24, 2.45) is 5.10 Å². The van der Waals surface area contributed by atoms with Crippen LogP contribution in [0.2, 0.25) is 0 Å². The summed E-state index contributed by atoms with van der Waals surface area (Å²) < 4.78 is 38.0. The molecule has 0 aromatic heterocycles. The van der Waals surface area contributed by atoms with Gasteiger partial charge in [0.05, 0.1) is 17.0 Å². The average Bonchev–Trinajstić information content (AvgIpc) is 3.10. The predicted molar refractivity (Wildman–Crippen MR) is 93.0 cm³/mol. The first-order valence-corrected chi connectivity index (χ1v) is 8.55. The lowest BCUT2D eigenvalue weighted by atomic mass is 10.1. The van der Waals surface area contributed by atoms with Gasteiger partial charge in [-0.1, -0.05) is 16.9 Å². The fourth-order valence-electron chi connectivity index (χ4n) is 2.26. The molecule has 11 heteroatoms. The number of quaternary nitrogens is 1. The van der Waals surface area contributed by atoms with Crippen molar-refractivity contribution in [2.75, 3.05) is 10.8 Å². The number of amidine groups is 1. The molecule has 0 radical (unpaired) electrons. The molecule has 1 aliphatic rings. The molecule has 0 saturated heterocycles. The standard InChI is InChI=1S/C16H13F3N4O3S/c17-16(18,19)10-2-4-11(5-3-10)23-15(20-21-22-23)27-8-14(26)9-1-6-12(24)13(25)7-9/h1-7,21-22,24-25H,8H2/p+1. The Kier molecular flexibility index (Phi) is 5.15. The zero-order valence-electron chi connectivity index (χ0n) is 13.6. The molecule has 1 heterocycles. The van der Waals surface area contributed by atoms with E-state index in [1.165, 1.54) is 34.8 Å². The Bertz CT molecular complexity index is 887. The number of carbonyl (C=O) groups is 1. The molecule has 0 atom stereocenters. The maximum atomic E-state index is 12.7. The van der Waals surface area contributed by atoms with Gasteiger partial charge in [-0.25, -0.2) is 0 Å². The van der Waals surface area contributed by atoms with Gasteiger partial charge >= 0.3 is 6.18 Å². The van der Waals surface area contributed by atoms with Crippen molar-refractivity contribution in [1.29, 1.82) is 0 Å². The lowest BCUT2D eigenvalue weighted by Gasteiger charge is -2.15. The molecule has 27 heavy (non-hydrogen) atoms. The van der Waals surface area contributed by atoms with E-state index in [0.717, 1.165) is 30.0 Å². The van der Waals surface area contributed by atoms with E-state index in [1.807, 2.05) is 0 Å². The second-order valence-corrected chi connectivity index (χ2v) is 6.43. The second-order valence-electron chi connectivity index (χ2n) is 5.48. The number of phenols is 2. The van der Waals surface area contributed by atoms with Crippen molar-refractivity contribution >= 4 is 28.4 Å². The Morgan fingerprint density at radius 1 is 1.15 bits per heavy atom. The molecule has 1 aliphatic heterocycles. The van der Waals surface area contributed by atoms with Crippen LogP contribution in [0.25, 0.3) is 0 Å². The molecule has 0 saturated carbocycles. The van der Waals surface area contributed by atoms with E-state index in [-0.39, 0.29) is 22.8 Å².